The first-order valence-electron chi connectivity index (χ1n) is 6.83. The van der Waals surface area contributed by atoms with E-state index < -0.39 is 14.9 Å². The van der Waals surface area contributed by atoms with E-state index in [0.717, 1.165) is 25.3 Å². The van der Waals surface area contributed by atoms with Crippen molar-refractivity contribution in [2.45, 2.75) is 42.7 Å². The lowest BCUT2D eigenvalue weighted by Crippen LogP contribution is -2.26. The zero-order chi connectivity index (χ0) is 15.5. The van der Waals surface area contributed by atoms with Gasteiger partial charge in [-0.25, -0.2) is 13.1 Å². The minimum atomic E-state index is -3.72. The third kappa shape index (κ3) is 4.38. The minimum absolute atomic E-state index is 0.108. The molecule has 118 valence electrons. The molecule has 9 heteroatoms. The van der Waals surface area contributed by atoms with Crippen LogP contribution in [0.5, 0.6) is 0 Å². The van der Waals surface area contributed by atoms with E-state index in [1.807, 2.05) is 0 Å². The van der Waals surface area contributed by atoms with Gasteiger partial charge in [0, 0.05) is 12.6 Å². The van der Waals surface area contributed by atoms with Gasteiger partial charge in [-0.2, -0.15) is 0 Å². The third-order valence-electron chi connectivity index (χ3n) is 3.68. The number of rotatable bonds is 6. The van der Waals surface area contributed by atoms with Crippen LogP contribution in [-0.4, -0.2) is 19.9 Å². The lowest BCUT2D eigenvalue weighted by Gasteiger charge is -2.21. The molecule has 0 saturated heterocycles. The van der Waals surface area contributed by atoms with E-state index >= 15 is 0 Å². The molecule has 0 atom stereocenters. The molecule has 0 spiro atoms. The molecule has 0 aromatic carbocycles. The van der Waals surface area contributed by atoms with E-state index in [-0.39, 0.29) is 14.2 Å². The molecule has 1 saturated carbocycles. The van der Waals surface area contributed by atoms with Crippen LogP contribution < -0.4 is 4.72 Å². The molecule has 1 aliphatic rings. The van der Waals surface area contributed by atoms with Gasteiger partial charge in [-0.3, -0.25) is 10.1 Å². The first-order chi connectivity index (χ1) is 9.90. The fraction of sp³-hybridized carbons (Fsp3) is 0.667. The zero-order valence-electron chi connectivity index (χ0n) is 11.4. The number of nitro groups is 1. The maximum Gasteiger partial charge on any atom is 0.300 e. The SMILES string of the molecule is O=[N+]([O-])c1cc(S(=O)(=O)NCCC2CCCCC2)sc1Cl. The van der Waals surface area contributed by atoms with Gasteiger partial charge in [-0.15, -0.1) is 11.3 Å². The van der Waals surface area contributed by atoms with Crippen LogP contribution in [0.25, 0.3) is 0 Å². The minimum Gasteiger partial charge on any atom is -0.258 e. The van der Waals surface area contributed by atoms with Crippen LogP contribution in [0.3, 0.4) is 0 Å². The molecule has 0 aliphatic heterocycles. The van der Waals surface area contributed by atoms with Crippen LogP contribution in [0.4, 0.5) is 5.69 Å². The van der Waals surface area contributed by atoms with E-state index in [1.165, 1.54) is 19.3 Å². The van der Waals surface area contributed by atoms with Crippen LogP contribution in [0, 0.1) is 16.0 Å². The fourth-order valence-corrected chi connectivity index (χ4v) is 5.30. The predicted octanol–water partition coefficient (Wildman–Crippen LogP) is 3.56. The van der Waals surface area contributed by atoms with Crippen molar-refractivity contribution >= 4 is 38.6 Å². The summed E-state index contributed by atoms with van der Waals surface area (Å²) in [6, 6.07) is 1.01. The van der Waals surface area contributed by atoms with Crippen molar-refractivity contribution in [1.82, 2.24) is 4.72 Å². The lowest BCUT2D eigenvalue weighted by molar-refractivity contribution is -0.384. The highest BCUT2D eigenvalue weighted by Gasteiger charge is 2.25. The van der Waals surface area contributed by atoms with Crippen LogP contribution in [0.2, 0.25) is 4.34 Å². The Balaban J connectivity index is 1.95. The normalized spacial score (nSPS) is 17.0. The standard InChI is InChI=1S/C12H17ClN2O4S2/c13-12-10(15(16)17)8-11(20-12)21(18,19)14-7-6-9-4-2-1-3-5-9/h8-9,14H,1-7H2. The largest absolute Gasteiger partial charge is 0.300 e. The molecule has 21 heavy (non-hydrogen) atoms. The highest BCUT2D eigenvalue weighted by atomic mass is 35.5. The lowest BCUT2D eigenvalue weighted by atomic mass is 9.87. The van der Waals surface area contributed by atoms with Crippen LogP contribution in [0.1, 0.15) is 38.5 Å². The molecule has 1 aliphatic carbocycles. The molecule has 1 aromatic rings. The summed E-state index contributed by atoms with van der Waals surface area (Å²) in [5, 5.41) is 10.7. The molecule has 2 rings (SSSR count). The van der Waals surface area contributed by atoms with Crippen LogP contribution >= 0.6 is 22.9 Å². The highest BCUT2D eigenvalue weighted by molar-refractivity contribution is 7.91. The van der Waals surface area contributed by atoms with Gasteiger partial charge in [-0.1, -0.05) is 43.7 Å². The van der Waals surface area contributed by atoms with Gasteiger partial charge in [0.05, 0.1) is 4.92 Å². The summed E-state index contributed by atoms with van der Waals surface area (Å²) in [5.41, 5.74) is -0.366. The topological polar surface area (TPSA) is 89.3 Å². The van der Waals surface area contributed by atoms with Crippen molar-refractivity contribution in [3.05, 3.63) is 20.5 Å². The second-order valence-corrected chi connectivity index (χ2v) is 8.82. The van der Waals surface area contributed by atoms with Gasteiger partial charge in [-0.05, 0) is 12.3 Å². The molecule has 1 N–H and O–H groups in total. The van der Waals surface area contributed by atoms with Crippen molar-refractivity contribution < 1.29 is 13.3 Å². The second-order valence-electron chi connectivity index (χ2n) is 5.17. The fourth-order valence-electron chi connectivity index (χ4n) is 2.54. The smallest absolute Gasteiger partial charge is 0.258 e. The molecule has 1 heterocycles. The Labute approximate surface area is 132 Å². The molecule has 1 aromatic heterocycles. The molecular weight excluding hydrogens is 336 g/mol. The molecule has 1 fully saturated rings. The molecule has 0 radical (unpaired) electrons. The summed E-state index contributed by atoms with van der Waals surface area (Å²) in [6.07, 6.45) is 6.80. The summed E-state index contributed by atoms with van der Waals surface area (Å²) >= 11 is 6.40. The third-order valence-corrected chi connectivity index (χ3v) is 6.95. The molecule has 0 amide bonds. The maximum atomic E-state index is 12.1. The molecule has 0 bridgehead atoms. The van der Waals surface area contributed by atoms with Crippen LogP contribution in [0.15, 0.2) is 10.3 Å². The first kappa shape index (κ1) is 16.7. The number of sulfonamides is 1. The Morgan fingerprint density at radius 3 is 2.62 bits per heavy atom. The number of nitrogens with one attached hydrogen (secondary N) is 1. The van der Waals surface area contributed by atoms with Gasteiger partial charge >= 0.3 is 0 Å². The number of hydrogen-bond donors (Lipinski definition) is 1. The van der Waals surface area contributed by atoms with Gasteiger partial charge < -0.3 is 0 Å². The Morgan fingerprint density at radius 2 is 2.05 bits per heavy atom. The number of hydrogen-bond acceptors (Lipinski definition) is 5. The van der Waals surface area contributed by atoms with E-state index in [0.29, 0.717) is 23.8 Å². The van der Waals surface area contributed by atoms with Crippen molar-refractivity contribution in [1.29, 1.82) is 0 Å². The van der Waals surface area contributed by atoms with Crippen molar-refractivity contribution in [3.63, 3.8) is 0 Å². The van der Waals surface area contributed by atoms with Gasteiger partial charge in [0.25, 0.3) is 5.69 Å². The van der Waals surface area contributed by atoms with Crippen LogP contribution in [-0.2, 0) is 10.0 Å². The quantitative estimate of drug-likeness (QED) is 0.626. The summed E-state index contributed by atoms with van der Waals surface area (Å²) in [7, 11) is -3.72. The monoisotopic (exact) mass is 352 g/mol. The Morgan fingerprint density at radius 1 is 1.38 bits per heavy atom. The van der Waals surface area contributed by atoms with Gasteiger partial charge in [0.2, 0.25) is 10.0 Å². The second kappa shape index (κ2) is 7.04. The average molecular weight is 353 g/mol. The maximum absolute atomic E-state index is 12.1. The highest BCUT2D eigenvalue weighted by Crippen LogP contribution is 2.36. The number of thiophene rings is 1. The van der Waals surface area contributed by atoms with Crippen molar-refractivity contribution in [2.75, 3.05) is 6.54 Å². The number of halogens is 1. The van der Waals surface area contributed by atoms with Crippen molar-refractivity contribution in [3.8, 4) is 0 Å². The van der Waals surface area contributed by atoms with Gasteiger partial charge in [0.15, 0.2) is 4.34 Å². The summed E-state index contributed by atoms with van der Waals surface area (Å²) in [5.74, 6) is 0.572. The zero-order valence-corrected chi connectivity index (χ0v) is 13.8. The Kier molecular flexibility index (Phi) is 5.59. The first-order valence-corrected chi connectivity index (χ1v) is 9.51. The summed E-state index contributed by atoms with van der Waals surface area (Å²) in [6.45, 7) is 0.357. The average Bonchev–Trinajstić information content (AvgIpc) is 2.83. The van der Waals surface area contributed by atoms with E-state index in [1.54, 1.807) is 0 Å². The summed E-state index contributed by atoms with van der Waals surface area (Å²) < 4.78 is 26.4. The van der Waals surface area contributed by atoms with Gasteiger partial charge in [0.1, 0.15) is 4.21 Å². The molecular formula is C12H17ClN2O4S2. The van der Waals surface area contributed by atoms with E-state index in [2.05, 4.69) is 4.72 Å². The van der Waals surface area contributed by atoms with Crippen molar-refractivity contribution in [2.24, 2.45) is 5.92 Å². The molecule has 6 nitrogen and oxygen atoms in total. The molecule has 0 unspecified atom stereocenters. The predicted molar refractivity (Wildman–Crippen MR) is 82.4 cm³/mol. The number of nitrogens with zero attached hydrogens (tertiary/aromatic N) is 1. The van der Waals surface area contributed by atoms with E-state index in [4.69, 9.17) is 11.6 Å². The Hall–Kier alpha value is -0.700. The van der Waals surface area contributed by atoms with E-state index in [9.17, 15) is 18.5 Å². The summed E-state index contributed by atoms with van der Waals surface area (Å²) in [4.78, 5) is 10.0. The Bertz CT molecular complexity index is 609.